The van der Waals surface area contributed by atoms with Gasteiger partial charge in [-0.2, -0.15) is 0 Å². The number of ether oxygens (including phenoxy) is 1. The van der Waals surface area contributed by atoms with Crippen LogP contribution in [0.3, 0.4) is 0 Å². The molecular weight excluding hydrogens is 214 g/mol. The molecule has 0 saturated heterocycles. The second kappa shape index (κ2) is 4.06. The molecule has 2 unspecified atom stereocenters. The second-order valence-electron chi connectivity index (χ2n) is 5.15. The molecule has 0 radical (unpaired) electrons. The molecule has 0 aliphatic heterocycles. The summed E-state index contributed by atoms with van der Waals surface area (Å²) in [5.41, 5.74) is 6.49. The van der Waals surface area contributed by atoms with Crippen LogP contribution in [0.5, 0.6) is 5.75 Å². The van der Waals surface area contributed by atoms with Gasteiger partial charge in [0.15, 0.2) is 0 Å². The molecule has 0 bridgehead atoms. The van der Waals surface area contributed by atoms with Gasteiger partial charge in [0.05, 0.1) is 12.5 Å². The van der Waals surface area contributed by atoms with Gasteiger partial charge in [-0.25, -0.2) is 0 Å². The maximum absolute atomic E-state index is 11.4. The van der Waals surface area contributed by atoms with E-state index in [0.717, 1.165) is 11.3 Å². The SMILES string of the molecule is CCOc1ccccc1C1C(C(N)=O)C1(C)C. The van der Waals surface area contributed by atoms with Gasteiger partial charge in [-0.1, -0.05) is 32.0 Å². The molecule has 0 spiro atoms. The summed E-state index contributed by atoms with van der Waals surface area (Å²) in [5, 5.41) is 0. The summed E-state index contributed by atoms with van der Waals surface area (Å²) in [6.07, 6.45) is 0. The zero-order chi connectivity index (χ0) is 12.6. The molecule has 0 aromatic heterocycles. The molecule has 1 amide bonds. The van der Waals surface area contributed by atoms with Crippen molar-refractivity contribution in [2.75, 3.05) is 6.61 Å². The molecule has 2 N–H and O–H groups in total. The molecule has 17 heavy (non-hydrogen) atoms. The lowest BCUT2D eigenvalue weighted by molar-refractivity contribution is -0.119. The largest absolute Gasteiger partial charge is 0.494 e. The predicted octanol–water partition coefficient (Wildman–Crippen LogP) is 2.31. The van der Waals surface area contributed by atoms with E-state index in [1.807, 2.05) is 31.2 Å². The quantitative estimate of drug-likeness (QED) is 0.867. The standard InChI is InChI=1S/C14H19NO2/c1-4-17-10-8-6-5-7-9(10)11-12(13(15)16)14(11,2)3/h5-8,11-12H,4H2,1-3H3,(H2,15,16). The lowest BCUT2D eigenvalue weighted by atomic mass is 10.0. The number of amides is 1. The van der Waals surface area contributed by atoms with Crippen molar-refractivity contribution in [2.45, 2.75) is 26.7 Å². The van der Waals surface area contributed by atoms with Gasteiger partial charge in [0.2, 0.25) is 5.91 Å². The van der Waals surface area contributed by atoms with E-state index in [-0.39, 0.29) is 23.2 Å². The van der Waals surface area contributed by atoms with E-state index in [1.165, 1.54) is 0 Å². The average molecular weight is 233 g/mol. The fourth-order valence-electron chi connectivity index (χ4n) is 2.77. The Morgan fingerprint density at radius 3 is 2.59 bits per heavy atom. The van der Waals surface area contributed by atoms with Gasteiger partial charge in [0.25, 0.3) is 0 Å². The first-order valence-corrected chi connectivity index (χ1v) is 6.01. The number of hydrogen-bond acceptors (Lipinski definition) is 2. The minimum Gasteiger partial charge on any atom is -0.494 e. The molecule has 1 aliphatic rings. The molecular formula is C14H19NO2. The highest BCUT2D eigenvalue weighted by Gasteiger charge is 2.62. The van der Waals surface area contributed by atoms with Gasteiger partial charge in [0.1, 0.15) is 5.75 Å². The number of carbonyl (C=O) groups excluding carboxylic acids is 1. The van der Waals surface area contributed by atoms with Crippen molar-refractivity contribution in [1.29, 1.82) is 0 Å². The molecule has 1 saturated carbocycles. The molecule has 1 aliphatic carbocycles. The summed E-state index contributed by atoms with van der Waals surface area (Å²) in [6.45, 7) is 6.75. The number of carbonyl (C=O) groups is 1. The van der Waals surface area contributed by atoms with Crippen molar-refractivity contribution < 1.29 is 9.53 Å². The molecule has 2 atom stereocenters. The Bertz CT molecular complexity index is 440. The number of benzene rings is 1. The molecule has 3 heteroatoms. The number of primary amides is 1. The van der Waals surface area contributed by atoms with E-state index in [9.17, 15) is 4.79 Å². The number of para-hydroxylation sites is 1. The molecule has 2 rings (SSSR count). The molecule has 0 heterocycles. The number of hydrogen-bond donors (Lipinski definition) is 1. The Hall–Kier alpha value is -1.51. The molecule has 3 nitrogen and oxygen atoms in total. The smallest absolute Gasteiger partial charge is 0.221 e. The zero-order valence-corrected chi connectivity index (χ0v) is 10.6. The van der Waals surface area contributed by atoms with E-state index in [4.69, 9.17) is 10.5 Å². The van der Waals surface area contributed by atoms with Crippen LogP contribution in [0.4, 0.5) is 0 Å². The van der Waals surface area contributed by atoms with Crippen LogP contribution in [0.2, 0.25) is 0 Å². The van der Waals surface area contributed by atoms with E-state index in [0.29, 0.717) is 6.61 Å². The predicted molar refractivity (Wildman–Crippen MR) is 66.8 cm³/mol. The average Bonchev–Trinajstić information content (AvgIpc) is 2.83. The van der Waals surface area contributed by atoms with Crippen LogP contribution in [0.25, 0.3) is 0 Å². The number of nitrogens with two attached hydrogens (primary N) is 1. The van der Waals surface area contributed by atoms with Gasteiger partial charge in [-0.05, 0) is 24.0 Å². The first-order chi connectivity index (χ1) is 8.00. The third kappa shape index (κ3) is 1.90. The first kappa shape index (κ1) is 12.0. The summed E-state index contributed by atoms with van der Waals surface area (Å²) < 4.78 is 5.61. The fraction of sp³-hybridized carbons (Fsp3) is 0.500. The minimum absolute atomic E-state index is 0.0565. The minimum atomic E-state index is -0.216. The highest BCUT2D eigenvalue weighted by molar-refractivity contribution is 5.83. The van der Waals surface area contributed by atoms with E-state index >= 15 is 0 Å². The van der Waals surface area contributed by atoms with Crippen LogP contribution >= 0.6 is 0 Å². The first-order valence-electron chi connectivity index (χ1n) is 6.01. The van der Waals surface area contributed by atoms with Crippen LogP contribution in [0, 0.1) is 11.3 Å². The van der Waals surface area contributed by atoms with Crippen LogP contribution in [-0.2, 0) is 4.79 Å². The summed E-state index contributed by atoms with van der Waals surface area (Å²) in [7, 11) is 0. The normalized spacial score (nSPS) is 25.4. The van der Waals surface area contributed by atoms with E-state index < -0.39 is 0 Å². The highest BCUT2D eigenvalue weighted by atomic mass is 16.5. The Morgan fingerprint density at radius 1 is 1.41 bits per heavy atom. The third-order valence-corrected chi connectivity index (χ3v) is 3.69. The van der Waals surface area contributed by atoms with Gasteiger partial charge in [-0.3, -0.25) is 4.79 Å². The van der Waals surface area contributed by atoms with Gasteiger partial charge in [0, 0.05) is 5.92 Å². The fourth-order valence-corrected chi connectivity index (χ4v) is 2.77. The topological polar surface area (TPSA) is 52.3 Å². The van der Waals surface area contributed by atoms with Crippen molar-refractivity contribution in [3.63, 3.8) is 0 Å². The van der Waals surface area contributed by atoms with E-state index in [1.54, 1.807) is 0 Å². The van der Waals surface area contributed by atoms with Crippen LogP contribution in [0.15, 0.2) is 24.3 Å². The zero-order valence-electron chi connectivity index (χ0n) is 10.6. The second-order valence-corrected chi connectivity index (χ2v) is 5.15. The summed E-state index contributed by atoms with van der Waals surface area (Å²) in [5.74, 6) is 0.759. The van der Waals surface area contributed by atoms with Crippen molar-refractivity contribution in [2.24, 2.45) is 17.1 Å². The summed E-state index contributed by atoms with van der Waals surface area (Å²) >= 11 is 0. The van der Waals surface area contributed by atoms with Crippen molar-refractivity contribution >= 4 is 5.91 Å². The van der Waals surface area contributed by atoms with Gasteiger partial charge in [-0.15, -0.1) is 0 Å². The molecule has 1 aromatic carbocycles. The highest BCUT2D eigenvalue weighted by Crippen LogP contribution is 2.65. The molecule has 1 fully saturated rings. The molecule has 92 valence electrons. The lowest BCUT2D eigenvalue weighted by Crippen LogP contribution is -2.16. The Balaban J connectivity index is 2.33. The Morgan fingerprint density at radius 2 is 2.06 bits per heavy atom. The summed E-state index contributed by atoms with van der Waals surface area (Å²) in [4.78, 5) is 11.4. The van der Waals surface area contributed by atoms with E-state index in [2.05, 4.69) is 13.8 Å². The monoisotopic (exact) mass is 233 g/mol. The van der Waals surface area contributed by atoms with Crippen LogP contribution in [0.1, 0.15) is 32.3 Å². The lowest BCUT2D eigenvalue weighted by Gasteiger charge is -2.10. The van der Waals surface area contributed by atoms with Gasteiger partial charge >= 0.3 is 0 Å². The van der Waals surface area contributed by atoms with Crippen LogP contribution in [-0.4, -0.2) is 12.5 Å². The van der Waals surface area contributed by atoms with Crippen LogP contribution < -0.4 is 10.5 Å². The number of rotatable bonds is 4. The third-order valence-electron chi connectivity index (χ3n) is 3.69. The van der Waals surface area contributed by atoms with Crippen molar-refractivity contribution in [3.8, 4) is 5.75 Å². The van der Waals surface area contributed by atoms with Crippen molar-refractivity contribution in [1.82, 2.24) is 0 Å². The summed E-state index contributed by atoms with van der Waals surface area (Å²) in [6, 6.07) is 7.90. The van der Waals surface area contributed by atoms with Gasteiger partial charge < -0.3 is 10.5 Å². The Labute approximate surface area is 102 Å². The maximum Gasteiger partial charge on any atom is 0.221 e. The molecule has 1 aromatic rings. The van der Waals surface area contributed by atoms with Crippen molar-refractivity contribution in [3.05, 3.63) is 29.8 Å². The maximum atomic E-state index is 11.4. The Kier molecular flexibility index (Phi) is 2.86.